The minimum Gasteiger partial charge on any atom is -0.490 e. The van der Waals surface area contributed by atoms with Gasteiger partial charge in [-0.15, -0.1) is 12.4 Å². The molecule has 1 heterocycles. The molecule has 1 unspecified atom stereocenters. The van der Waals surface area contributed by atoms with Crippen LogP contribution in [0, 0.1) is 0 Å². The molecule has 33 heavy (non-hydrogen) atoms. The number of rotatable bonds is 10. The molecule has 9 nitrogen and oxygen atoms in total. The normalized spacial score (nSPS) is 15.6. The summed E-state index contributed by atoms with van der Waals surface area (Å²) < 4.78 is 56.7. The topological polar surface area (TPSA) is 125 Å². The van der Waals surface area contributed by atoms with Crippen LogP contribution in [-0.4, -0.2) is 71.7 Å². The van der Waals surface area contributed by atoms with Gasteiger partial charge in [-0.3, -0.25) is 9.44 Å². The lowest BCUT2D eigenvalue weighted by Crippen LogP contribution is -2.34. The second-order valence-corrected chi connectivity index (χ2v) is 11.6. The Labute approximate surface area is 201 Å². The minimum atomic E-state index is -3.29. The number of benzene rings is 2. The summed E-state index contributed by atoms with van der Waals surface area (Å²) >= 11 is 0. The van der Waals surface area contributed by atoms with Crippen LogP contribution < -0.4 is 14.2 Å². The Morgan fingerprint density at radius 3 is 2.58 bits per heavy atom. The second-order valence-electron chi connectivity index (χ2n) is 8.00. The van der Waals surface area contributed by atoms with E-state index in [2.05, 4.69) is 9.44 Å². The first-order chi connectivity index (χ1) is 15.0. The van der Waals surface area contributed by atoms with Gasteiger partial charge >= 0.3 is 0 Å². The number of ether oxygens (including phenoxy) is 1. The fourth-order valence-corrected chi connectivity index (χ4v) is 5.14. The number of anilines is 2. The number of nitrogens with zero attached hydrogens (tertiary/aromatic N) is 1. The third-order valence-electron chi connectivity index (χ3n) is 5.01. The van der Waals surface area contributed by atoms with E-state index in [0.717, 1.165) is 23.8 Å². The third-order valence-corrected chi connectivity index (χ3v) is 6.89. The average Bonchev–Trinajstić information content (AvgIpc) is 2.69. The van der Waals surface area contributed by atoms with E-state index in [1.54, 1.807) is 30.3 Å². The van der Waals surface area contributed by atoms with Gasteiger partial charge in [0.2, 0.25) is 20.0 Å². The maximum absolute atomic E-state index is 11.7. The summed E-state index contributed by atoms with van der Waals surface area (Å²) in [7, 11) is -4.68. The fourth-order valence-electron chi connectivity index (χ4n) is 3.47. The number of fused-ring (bicyclic) bond motifs is 1. The highest BCUT2D eigenvalue weighted by atomic mass is 35.5. The molecule has 0 bridgehead atoms. The maximum Gasteiger partial charge on any atom is 0.233 e. The van der Waals surface area contributed by atoms with Crippen LogP contribution in [0.1, 0.15) is 11.1 Å². The maximum atomic E-state index is 11.7. The Balaban J connectivity index is 0.00000385. The predicted molar refractivity (Wildman–Crippen MR) is 132 cm³/mol. The molecule has 0 fully saturated rings. The molecule has 3 N–H and O–H groups in total. The van der Waals surface area contributed by atoms with Crippen molar-refractivity contribution in [3.8, 4) is 5.75 Å². The molecule has 1 atom stereocenters. The van der Waals surface area contributed by atoms with Gasteiger partial charge in [0.05, 0.1) is 17.7 Å². The van der Waals surface area contributed by atoms with Gasteiger partial charge in [-0.25, -0.2) is 16.8 Å². The second kappa shape index (κ2) is 11.4. The SMILES string of the molecule is CN(CCc1ccc(NS(C)(=O)=O)cc1)CC(O)COc1cccc2c1CCS(=O)(=O)N2.Cl. The Morgan fingerprint density at radius 2 is 1.91 bits per heavy atom. The Kier molecular flexibility index (Phi) is 9.38. The van der Waals surface area contributed by atoms with Gasteiger partial charge in [-0.2, -0.15) is 0 Å². The fraction of sp³-hybridized carbons (Fsp3) is 0.429. The third kappa shape index (κ3) is 8.67. The van der Waals surface area contributed by atoms with Gasteiger partial charge in [0.25, 0.3) is 0 Å². The first-order valence-electron chi connectivity index (χ1n) is 10.2. The quantitative estimate of drug-likeness (QED) is 0.436. The van der Waals surface area contributed by atoms with Crippen molar-refractivity contribution >= 4 is 43.8 Å². The lowest BCUT2D eigenvalue weighted by Gasteiger charge is -2.23. The average molecular weight is 520 g/mol. The summed E-state index contributed by atoms with van der Waals surface area (Å²) in [5.74, 6) is 0.589. The standard InChI is InChI=1S/C21H29N3O6S2.ClH/c1-24(12-10-16-6-8-17(9-7-16)22-31(2,26)27)14-18(25)15-30-21-5-3-4-20-19(21)11-13-32(28,29)23-20;/h3-9,18,22-23,25H,10-15H2,1-2H3;1H. The van der Waals surface area contributed by atoms with E-state index in [1.807, 2.05) is 24.1 Å². The number of aliphatic hydroxyl groups is 1. The zero-order chi connectivity index (χ0) is 23.4. The lowest BCUT2D eigenvalue weighted by atomic mass is 10.1. The zero-order valence-corrected chi connectivity index (χ0v) is 21.0. The molecule has 0 aliphatic carbocycles. The van der Waals surface area contributed by atoms with E-state index in [4.69, 9.17) is 4.74 Å². The molecule has 2 aromatic carbocycles. The van der Waals surface area contributed by atoms with Gasteiger partial charge in [-0.05, 0) is 49.7 Å². The van der Waals surface area contributed by atoms with Crippen LogP contribution in [-0.2, 0) is 32.9 Å². The predicted octanol–water partition coefficient (Wildman–Crippen LogP) is 1.69. The van der Waals surface area contributed by atoms with E-state index < -0.39 is 26.2 Å². The Hall–Kier alpha value is -2.05. The summed E-state index contributed by atoms with van der Waals surface area (Å²) in [5.41, 5.74) is 2.91. The summed E-state index contributed by atoms with van der Waals surface area (Å²) in [6.45, 7) is 1.22. The number of likely N-dealkylation sites (N-methyl/N-ethyl adjacent to an activating group) is 1. The van der Waals surface area contributed by atoms with E-state index in [0.29, 0.717) is 36.6 Å². The van der Waals surface area contributed by atoms with Gasteiger partial charge in [-0.1, -0.05) is 18.2 Å². The minimum absolute atomic E-state index is 0. The van der Waals surface area contributed by atoms with Crippen molar-refractivity contribution in [3.63, 3.8) is 0 Å². The van der Waals surface area contributed by atoms with E-state index >= 15 is 0 Å². The largest absolute Gasteiger partial charge is 0.490 e. The van der Waals surface area contributed by atoms with Crippen molar-refractivity contribution in [2.24, 2.45) is 0 Å². The van der Waals surface area contributed by atoms with Crippen molar-refractivity contribution < 1.29 is 26.7 Å². The summed E-state index contributed by atoms with van der Waals surface area (Å²) in [4.78, 5) is 1.99. The van der Waals surface area contributed by atoms with Gasteiger partial charge < -0.3 is 14.7 Å². The molecule has 0 radical (unpaired) electrons. The first-order valence-corrected chi connectivity index (χ1v) is 13.7. The van der Waals surface area contributed by atoms with Crippen molar-refractivity contribution in [1.29, 1.82) is 0 Å². The summed E-state index contributed by atoms with van der Waals surface area (Å²) in [6.07, 6.45) is 1.52. The van der Waals surface area contributed by atoms with Crippen LogP contribution in [0.5, 0.6) is 5.75 Å². The van der Waals surface area contributed by atoms with Gasteiger partial charge in [0, 0.05) is 24.3 Å². The highest BCUT2D eigenvalue weighted by molar-refractivity contribution is 7.92. The number of sulfonamides is 2. The molecule has 1 aliphatic rings. The van der Waals surface area contributed by atoms with Crippen molar-refractivity contribution in [2.45, 2.75) is 18.9 Å². The van der Waals surface area contributed by atoms with E-state index in [1.165, 1.54) is 0 Å². The molecule has 0 amide bonds. The molecular weight excluding hydrogens is 490 g/mol. The van der Waals surface area contributed by atoms with Crippen molar-refractivity contribution in [1.82, 2.24) is 4.90 Å². The summed E-state index contributed by atoms with van der Waals surface area (Å²) in [5, 5.41) is 10.4. The highest BCUT2D eigenvalue weighted by Gasteiger charge is 2.23. The number of hydrogen-bond acceptors (Lipinski definition) is 7. The van der Waals surface area contributed by atoms with Crippen molar-refractivity contribution in [3.05, 3.63) is 53.6 Å². The molecule has 3 rings (SSSR count). The Bertz CT molecular complexity index is 1140. The van der Waals surface area contributed by atoms with E-state index in [9.17, 15) is 21.9 Å². The lowest BCUT2D eigenvalue weighted by molar-refractivity contribution is 0.0763. The molecule has 0 saturated carbocycles. The molecule has 0 aromatic heterocycles. The summed E-state index contributed by atoms with van der Waals surface area (Å²) in [6, 6.07) is 12.4. The van der Waals surface area contributed by atoms with Gasteiger partial charge in [0.1, 0.15) is 18.5 Å². The van der Waals surface area contributed by atoms with Crippen LogP contribution in [0.3, 0.4) is 0 Å². The number of hydrogen-bond donors (Lipinski definition) is 3. The zero-order valence-electron chi connectivity index (χ0n) is 18.5. The monoisotopic (exact) mass is 519 g/mol. The smallest absolute Gasteiger partial charge is 0.233 e. The molecule has 12 heteroatoms. The van der Waals surface area contributed by atoms with Gasteiger partial charge in [0.15, 0.2) is 0 Å². The number of aliphatic hydroxyl groups excluding tert-OH is 1. The van der Waals surface area contributed by atoms with Crippen LogP contribution in [0.4, 0.5) is 11.4 Å². The molecule has 1 aliphatic heterocycles. The van der Waals surface area contributed by atoms with E-state index in [-0.39, 0.29) is 24.8 Å². The van der Waals surface area contributed by atoms with Crippen LogP contribution >= 0.6 is 12.4 Å². The molecule has 2 aromatic rings. The molecular formula is C21H30ClN3O6S2. The molecule has 0 spiro atoms. The van der Waals surface area contributed by atoms with Crippen LogP contribution in [0.2, 0.25) is 0 Å². The van der Waals surface area contributed by atoms with Crippen molar-refractivity contribution in [2.75, 3.05) is 48.2 Å². The Morgan fingerprint density at radius 1 is 1.21 bits per heavy atom. The first kappa shape index (κ1) is 27.2. The highest BCUT2D eigenvalue weighted by Crippen LogP contribution is 2.31. The number of halogens is 1. The van der Waals surface area contributed by atoms with Crippen LogP contribution in [0.15, 0.2) is 42.5 Å². The molecule has 184 valence electrons. The van der Waals surface area contributed by atoms with Crippen LogP contribution in [0.25, 0.3) is 0 Å². The molecule has 0 saturated heterocycles. The number of nitrogens with one attached hydrogen (secondary N) is 2.